The highest BCUT2D eigenvalue weighted by Gasteiger charge is 2.33. The van der Waals surface area contributed by atoms with E-state index in [1.165, 1.54) is 4.31 Å². The van der Waals surface area contributed by atoms with Crippen LogP contribution in [0.15, 0.2) is 39.8 Å². The Hall–Kier alpha value is -2.19. The van der Waals surface area contributed by atoms with E-state index in [1.807, 2.05) is 13.8 Å². The van der Waals surface area contributed by atoms with Crippen LogP contribution in [-0.2, 0) is 21.4 Å². The molecule has 0 spiro atoms. The van der Waals surface area contributed by atoms with Crippen molar-refractivity contribution in [2.45, 2.75) is 38.1 Å². The maximum Gasteiger partial charge on any atom is 0.243 e. The van der Waals surface area contributed by atoms with Crippen LogP contribution in [0.5, 0.6) is 0 Å². The zero-order chi connectivity index (χ0) is 19.6. The van der Waals surface area contributed by atoms with Gasteiger partial charge in [-0.1, -0.05) is 22.9 Å². The van der Waals surface area contributed by atoms with Gasteiger partial charge in [0.2, 0.25) is 15.9 Å². The minimum Gasteiger partial charge on any atom is -0.361 e. The number of nitrogens with zero attached hydrogens (tertiary/aromatic N) is 3. The van der Waals surface area contributed by atoms with Gasteiger partial charge in [0.1, 0.15) is 11.5 Å². The smallest absolute Gasteiger partial charge is 0.243 e. The van der Waals surface area contributed by atoms with E-state index in [0.29, 0.717) is 48.8 Å². The van der Waals surface area contributed by atoms with Crippen LogP contribution in [0.3, 0.4) is 0 Å². The predicted molar refractivity (Wildman–Crippen MR) is 100 cm³/mol. The molecule has 0 atom stereocenters. The molecule has 3 rings (SSSR count). The number of carbonyl (C=O) groups is 1. The molecular formula is C19H25N3O4S. The van der Waals surface area contributed by atoms with Gasteiger partial charge in [0, 0.05) is 32.1 Å². The number of aryl methyl sites for hydroxylation is 2. The highest BCUT2D eigenvalue weighted by molar-refractivity contribution is 7.89. The Bertz CT molecular complexity index is 897. The number of hydrogen-bond acceptors (Lipinski definition) is 5. The van der Waals surface area contributed by atoms with Crippen LogP contribution in [0.2, 0.25) is 0 Å². The van der Waals surface area contributed by atoms with Crippen molar-refractivity contribution in [1.82, 2.24) is 14.4 Å². The van der Waals surface area contributed by atoms with Crippen LogP contribution in [0, 0.1) is 19.8 Å². The molecule has 0 aliphatic carbocycles. The fraction of sp³-hybridized carbons (Fsp3) is 0.474. The van der Waals surface area contributed by atoms with E-state index in [9.17, 15) is 13.2 Å². The summed E-state index contributed by atoms with van der Waals surface area (Å²) in [6.45, 7) is 4.82. The van der Waals surface area contributed by atoms with Crippen molar-refractivity contribution in [3.05, 3.63) is 47.3 Å². The first kappa shape index (κ1) is 19.6. The Kier molecular flexibility index (Phi) is 5.67. The topological polar surface area (TPSA) is 83.7 Å². The van der Waals surface area contributed by atoms with E-state index in [4.69, 9.17) is 4.52 Å². The summed E-state index contributed by atoms with van der Waals surface area (Å²) in [4.78, 5) is 14.6. The summed E-state index contributed by atoms with van der Waals surface area (Å²) < 4.78 is 32.0. The van der Waals surface area contributed by atoms with Crippen molar-refractivity contribution in [1.29, 1.82) is 0 Å². The summed E-state index contributed by atoms with van der Waals surface area (Å²) in [6.07, 6.45) is 1.04. The van der Waals surface area contributed by atoms with Gasteiger partial charge < -0.3 is 9.42 Å². The average molecular weight is 391 g/mol. The van der Waals surface area contributed by atoms with E-state index in [-0.39, 0.29) is 11.8 Å². The number of hydrogen-bond donors (Lipinski definition) is 0. The second-order valence-electron chi connectivity index (χ2n) is 7.11. The lowest BCUT2D eigenvalue weighted by atomic mass is 9.96. The summed E-state index contributed by atoms with van der Waals surface area (Å²) in [5, 5.41) is 3.91. The fourth-order valence-corrected chi connectivity index (χ4v) is 4.80. The molecule has 0 saturated carbocycles. The Morgan fingerprint density at radius 3 is 2.41 bits per heavy atom. The number of piperidine rings is 1. The lowest BCUT2D eigenvalue weighted by molar-refractivity contribution is -0.136. The second kappa shape index (κ2) is 7.82. The van der Waals surface area contributed by atoms with E-state index in [2.05, 4.69) is 5.16 Å². The normalized spacial score (nSPS) is 16.4. The first-order valence-corrected chi connectivity index (χ1v) is 10.5. The average Bonchev–Trinajstić information content (AvgIpc) is 3.06. The third-order valence-electron chi connectivity index (χ3n) is 4.91. The van der Waals surface area contributed by atoms with Crippen LogP contribution < -0.4 is 0 Å². The molecule has 0 bridgehead atoms. The highest BCUT2D eigenvalue weighted by Crippen LogP contribution is 2.25. The first-order chi connectivity index (χ1) is 12.8. The van der Waals surface area contributed by atoms with Crippen molar-refractivity contribution >= 4 is 15.9 Å². The zero-order valence-electron chi connectivity index (χ0n) is 15.9. The van der Waals surface area contributed by atoms with Gasteiger partial charge in [-0.15, -0.1) is 0 Å². The van der Waals surface area contributed by atoms with Crippen LogP contribution in [0.4, 0.5) is 0 Å². The number of rotatable bonds is 5. The van der Waals surface area contributed by atoms with Crippen LogP contribution in [0.25, 0.3) is 0 Å². The van der Waals surface area contributed by atoms with E-state index in [0.717, 1.165) is 5.56 Å². The first-order valence-electron chi connectivity index (χ1n) is 9.01. The molecule has 1 saturated heterocycles. The van der Waals surface area contributed by atoms with Crippen molar-refractivity contribution in [2.24, 2.45) is 5.92 Å². The molecule has 0 unspecified atom stereocenters. The quantitative estimate of drug-likeness (QED) is 0.781. The third-order valence-corrected chi connectivity index (χ3v) is 6.83. The lowest BCUT2D eigenvalue weighted by Crippen LogP contribution is -2.43. The van der Waals surface area contributed by atoms with Crippen molar-refractivity contribution in [3.63, 3.8) is 0 Å². The Balaban J connectivity index is 1.59. The number of sulfonamides is 1. The second-order valence-corrected chi connectivity index (χ2v) is 9.05. The SMILES string of the molecule is Cc1ccc(S(=O)(=O)N2CCC(C(=O)N(C)Cc3cc(C)on3)CC2)cc1. The number of amides is 1. The van der Waals surface area contributed by atoms with E-state index in [1.54, 1.807) is 42.3 Å². The van der Waals surface area contributed by atoms with Gasteiger partial charge in [0.05, 0.1) is 11.4 Å². The Labute approximate surface area is 160 Å². The maximum absolute atomic E-state index is 12.8. The minimum atomic E-state index is -3.51. The molecule has 146 valence electrons. The molecule has 8 heteroatoms. The van der Waals surface area contributed by atoms with Gasteiger partial charge in [-0.05, 0) is 38.8 Å². The molecule has 2 heterocycles. The summed E-state index contributed by atoms with van der Waals surface area (Å²) in [5.41, 5.74) is 1.73. The monoisotopic (exact) mass is 391 g/mol. The predicted octanol–water partition coefficient (Wildman–Crippen LogP) is 2.35. The van der Waals surface area contributed by atoms with Gasteiger partial charge in [0.25, 0.3) is 0 Å². The maximum atomic E-state index is 12.8. The van der Waals surface area contributed by atoms with Crippen molar-refractivity contribution in [2.75, 3.05) is 20.1 Å². The van der Waals surface area contributed by atoms with E-state index >= 15 is 0 Å². The lowest BCUT2D eigenvalue weighted by Gasteiger charge is -2.32. The summed E-state index contributed by atoms with van der Waals surface area (Å²) in [6, 6.07) is 8.67. The third kappa shape index (κ3) is 4.39. The fourth-order valence-electron chi connectivity index (χ4n) is 3.33. The molecule has 0 N–H and O–H groups in total. The molecule has 1 amide bonds. The molecule has 1 aliphatic heterocycles. The number of aromatic nitrogens is 1. The molecule has 1 aromatic heterocycles. The van der Waals surface area contributed by atoms with Gasteiger partial charge in [-0.25, -0.2) is 8.42 Å². The standard InChI is InChI=1S/C19H25N3O4S/c1-14-4-6-18(7-5-14)27(24,25)22-10-8-16(9-11-22)19(23)21(3)13-17-12-15(2)26-20-17/h4-7,12,16H,8-11,13H2,1-3H3. The molecule has 2 aromatic rings. The van der Waals surface area contributed by atoms with Gasteiger partial charge >= 0.3 is 0 Å². The molecule has 1 fully saturated rings. The number of carbonyl (C=O) groups excluding carboxylic acids is 1. The molecule has 1 aromatic carbocycles. The summed E-state index contributed by atoms with van der Waals surface area (Å²) >= 11 is 0. The van der Waals surface area contributed by atoms with Crippen LogP contribution in [0.1, 0.15) is 29.9 Å². The largest absolute Gasteiger partial charge is 0.361 e. The minimum absolute atomic E-state index is 0.0167. The van der Waals surface area contributed by atoms with Gasteiger partial charge in [0.15, 0.2) is 0 Å². The summed E-state index contributed by atoms with van der Waals surface area (Å²) in [7, 11) is -1.77. The van der Waals surface area contributed by atoms with Crippen LogP contribution in [-0.4, -0.2) is 48.8 Å². The van der Waals surface area contributed by atoms with Gasteiger partial charge in [-0.2, -0.15) is 4.31 Å². The van der Waals surface area contributed by atoms with E-state index < -0.39 is 10.0 Å². The van der Waals surface area contributed by atoms with Crippen molar-refractivity contribution < 1.29 is 17.7 Å². The van der Waals surface area contributed by atoms with Crippen molar-refractivity contribution in [3.8, 4) is 0 Å². The molecule has 0 radical (unpaired) electrons. The summed E-state index contributed by atoms with van der Waals surface area (Å²) in [5.74, 6) is 0.552. The highest BCUT2D eigenvalue weighted by atomic mass is 32.2. The Morgan fingerprint density at radius 1 is 1.22 bits per heavy atom. The molecule has 27 heavy (non-hydrogen) atoms. The molecule has 7 nitrogen and oxygen atoms in total. The van der Waals surface area contributed by atoms with Gasteiger partial charge in [-0.3, -0.25) is 4.79 Å². The molecule has 1 aliphatic rings. The molecular weight excluding hydrogens is 366 g/mol. The zero-order valence-corrected chi connectivity index (χ0v) is 16.7. The van der Waals surface area contributed by atoms with Crippen LogP contribution >= 0.6 is 0 Å². The number of benzene rings is 1. The Morgan fingerprint density at radius 2 is 1.85 bits per heavy atom.